The molecule has 0 fully saturated rings. The molecule has 0 rings (SSSR count). The highest BCUT2D eigenvalue weighted by Crippen LogP contribution is 2.12. The predicted molar refractivity (Wildman–Crippen MR) is 45.0 cm³/mol. The summed E-state index contributed by atoms with van der Waals surface area (Å²) in [5, 5.41) is 8.51. The zero-order valence-electron chi connectivity index (χ0n) is 7.27. The normalized spacial score (nSPS) is 13.5. The van der Waals surface area contributed by atoms with Gasteiger partial charge < -0.3 is 5.11 Å². The maximum Gasteiger partial charge on any atom is 0.0431 e. The summed E-state index contributed by atoms with van der Waals surface area (Å²) in [7, 11) is 0. The standard InChI is InChI=1S/C9H20O/c1-3-6-9(2)7-4-5-8-10/h9-10H,3-8H2,1-2H3. The molecule has 1 nitrogen and oxygen atoms in total. The monoisotopic (exact) mass is 144 g/mol. The van der Waals surface area contributed by atoms with E-state index in [0.717, 1.165) is 12.3 Å². The fraction of sp³-hybridized carbons (Fsp3) is 1.00. The van der Waals surface area contributed by atoms with Crippen LogP contribution in [0.25, 0.3) is 0 Å². The second-order valence-corrected chi connectivity index (χ2v) is 3.11. The van der Waals surface area contributed by atoms with Crippen LogP contribution in [-0.4, -0.2) is 11.7 Å². The van der Waals surface area contributed by atoms with E-state index in [4.69, 9.17) is 5.11 Å². The molecule has 0 aliphatic rings. The Morgan fingerprint density at radius 1 is 1.20 bits per heavy atom. The van der Waals surface area contributed by atoms with Crippen molar-refractivity contribution in [2.24, 2.45) is 5.92 Å². The van der Waals surface area contributed by atoms with Crippen LogP contribution >= 0.6 is 0 Å². The minimum Gasteiger partial charge on any atom is -0.396 e. The fourth-order valence-corrected chi connectivity index (χ4v) is 1.24. The lowest BCUT2D eigenvalue weighted by molar-refractivity contribution is 0.278. The number of rotatable bonds is 6. The van der Waals surface area contributed by atoms with Gasteiger partial charge in [0.05, 0.1) is 0 Å². The average Bonchev–Trinajstić information content (AvgIpc) is 1.89. The molecule has 62 valence electrons. The van der Waals surface area contributed by atoms with Gasteiger partial charge in [-0.05, 0) is 12.3 Å². The third kappa shape index (κ3) is 6.09. The van der Waals surface area contributed by atoms with Crippen molar-refractivity contribution in [3.8, 4) is 0 Å². The van der Waals surface area contributed by atoms with Gasteiger partial charge in [0.15, 0.2) is 0 Å². The van der Waals surface area contributed by atoms with Gasteiger partial charge in [0.2, 0.25) is 0 Å². The molecule has 10 heavy (non-hydrogen) atoms. The van der Waals surface area contributed by atoms with Crippen LogP contribution in [0.1, 0.15) is 46.0 Å². The van der Waals surface area contributed by atoms with E-state index in [1.807, 2.05) is 0 Å². The number of hydrogen-bond donors (Lipinski definition) is 1. The minimum absolute atomic E-state index is 0.360. The van der Waals surface area contributed by atoms with E-state index >= 15 is 0 Å². The van der Waals surface area contributed by atoms with Crippen LogP contribution < -0.4 is 0 Å². The predicted octanol–water partition coefficient (Wildman–Crippen LogP) is 2.59. The minimum atomic E-state index is 0.360. The summed E-state index contributed by atoms with van der Waals surface area (Å²) in [6.07, 6.45) is 6.09. The van der Waals surface area contributed by atoms with E-state index in [1.165, 1.54) is 25.7 Å². The Balaban J connectivity index is 2.97. The lowest BCUT2D eigenvalue weighted by Crippen LogP contribution is -1.94. The van der Waals surface area contributed by atoms with Crippen LogP contribution in [0.15, 0.2) is 0 Å². The number of aliphatic hydroxyl groups is 1. The largest absolute Gasteiger partial charge is 0.396 e. The summed E-state index contributed by atoms with van der Waals surface area (Å²) < 4.78 is 0. The second-order valence-electron chi connectivity index (χ2n) is 3.11. The van der Waals surface area contributed by atoms with E-state index < -0.39 is 0 Å². The Morgan fingerprint density at radius 2 is 1.90 bits per heavy atom. The molecule has 0 aromatic rings. The molecule has 0 heterocycles. The first-order valence-electron chi connectivity index (χ1n) is 4.42. The Morgan fingerprint density at radius 3 is 2.40 bits per heavy atom. The van der Waals surface area contributed by atoms with Gasteiger partial charge in [0.25, 0.3) is 0 Å². The molecular weight excluding hydrogens is 124 g/mol. The zero-order chi connectivity index (χ0) is 7.82. The first-order valence-corrected chi connectivity index (χ1v) is 4.42. The number of aliphatic hydroxyl groups excluding tert-OH is 1. The quantitative estimate of drug-likeness (QED) is 0.568. The molecule has 0 saturated heterocycles. The van der Waals surface area contributed by atoms with Crippen molar-refractivity contribution in [3.05, 3.63) is 0 Å². The molecule has 0 saturated carbocycles. The molecule has 1 N–H and O–H groups in total. The Hall–Kier alpha value is -0.0400. The summed E-state index contributed by atoms with van der Waals surface area (Å²) in [6, 6.07) is 0. The highest BCUT2D eigenvalue weighted by atomic mass is 16.2. The van der Waals surface area contributed by atoms with Crippen LogP contribution in [-0.2, 0) is 0 Å². The summed E-state index contributed by atoms with van der Waals surface area (Å²) in [4.78, 5) is 0. The van der Waals surface area contributed by atoms with Gasteiger partial charge in [-0.2, -0.15) is 0 Å². The van der Waals surface area contributed by atoms with Gasteiger partial charge in [-0.15, -0.1) is 0 Å². The first kappa shape index (κ1) is 9.96. The van der Waals surface area contributed by atoms with Crippen molar-refractivity contribution in [1.82, 2.24) is 0 Å². The number of unbranched alkanes of at least 4 members (excludes halogenated alkanes) is 1. The molecule has 0 bridgehead atoms. The average molecular weight is 144 g/mol. The Kier molecular flexibility index (Phi) is 7.04. The molecule has 1 unspecified atom stereocenters. The van der Waals surface area contributed by atoms with Crippen molar-refractivity contribution in [2.45, 2.75) is 46.0 Å². The van der Waals surface area contributed by atoms with E-state index in [-0.39, 0.29) is 0 Å². The highest BCUT2D eigenvalue weighted by Gasteiger charge is 1.98. The van der Waals surface area contributed by atoms with Crippen molar-refractivity contribution in [2.75, 3.05) is 6.61 Å². The maximum absolute atomic E-state index is 8.51. The molecule has 0 amide bonds. The van der Waals surface area contributed by atoms with E-state index in [1.54, 1.807) is 0 Å². The fourth-order valence-electron chi connectivity index (χ4n) is 1.24. The van der Waals surface area contributed by atoms with Crippen molar-refractivity contribution >= 4 is 0 Å². The van der Waals surface area contributed by atoms with E-state index in [0.29, 0.717) is 6.61 Å². The van der Waals surface area contributed by atoms with Crippen molar-refractivity contribution in [3.63, 3.8) is 0 Å². The lowest BCUT2D eigenvalue weighted by atomic mass is 9.99. The summed E-state index contributed by atoms with van der Waals surface area (Å²) in [5.41, 5.74) is 0. The molecule has 0 radical (unpaired) electrons. The molecule has 0 aromatic carbocycles. The maximum atomic E-state index is 8.51. The Bertz CT molecular complexity index is 61.7. The van der Waals surface area contributed by atoms with Crippen LogP contribution in [0.4, 0.5) is 0 Å². The summed E-state index contributed by atoms with van der Waals surface area (Å²) in [6.45, 7) is 4.88. The van der Waals surface area contributed by atoms with E-state index in [9.17, 15) is 0 Å². The molecule has 0 spiro atoms. The van der Waals surface area contributed by atoms with Gasteiger partial charge in [0, 0.05) is 6.61 Å². The topological polar surface area (TPSA) is 20.2 Å². The molecule has 1 heteroatoms. The number of hydrogen-bond acceptors (Lipinski definition) is 1. The van der Waals surface area contributed by atoms with Crippen LogP contribution in [0.2, 0.25) is 0 Å². The first-order chi connectivity index (χ1) is 4.81. The van der Waals surface area contributed by atoms with Crippen LogP contribution in [0.3, 0.4) is 0 Å². The van der Waals surface area contributed by atoms with E-state index in [2.05, 4.69) is 13.8 Å². The smallest absolute Gasteiger partial charge is 0.0431 e. The van der Waals surface area contributed by atoms with Crippen LogP contribution in [0, 0.1) is 5.92 Å². The van der Waals surface area contributed by atoms with Gasteiger partial charge in [-0.1, -0.05) is 39.5 Å². The highest BCUT2D eigenvalue weighted by molar-refractivity contribution is 4.51. The van der Waals surface area contributed by atoms with Crippen molar-refractivity contribution in [1.29, 1.82) is 0 Å². The molecule has 0 aromatic heterocycles. The third-order valence-electron chi connectivity index (χ3n) is 1.89. The summed E-state index contributed by atoms with van der Waals surface area (Å²) in [5.74, 6) is 0.858. The molecule has 0 aliphatic carbocycles. The SMILES string of the molecule is CCCC(C)CCCCO. The zero-order valence-corrected chi connectivity index (χ0v) is 7.27. The van der Waals surface area contributed by atoms with Crippen LogP contribution in [0.5, 0.6) is 0 Å². The molecular formula is C9H20O. The van der Waals surface area contributed by atoms with Gasteiger partial charge in [0.1, 0.15) is 0 Å². The lowest BCUT2D eigenvalue weighted by Gasteiger charge is -2.07. The second kappa shape index (κ2) is 7.07. The van der Waals surface area contributed by atoms with Gasteiger partial charge in [-0.3, -0.25) is 0 Å². The Labute approximate surface area is 64.5 Å². The van der Waals surface area contributed by atoms with Crippen molar-refractivity contribution < 1.29 is 5.11 Å². The molecule has 1 atom stereocenters. The third-order valence-corrected chi connectivity index (χ3v) is 1.89. The van der Waals surface area contributed by atoms with Gasteiger partial charge in [-0.25, -0.2) is 0 Å². The summed E-state index contributed by atoms with van der Waals surface area (Å²) >= 11 is 0. The van der Waals surface area contributed by atoms with Gasteiger partial charge >= 0.3 is 0 Å². The molecule has 0 aliphatic heterocycles.